The molecule has 0 bridgehead atoms. The van der Waals surface area contributed by atoms with Crippen LogP contribution in [0.5, 0.6) is 0 Å². The zero-order valence-electron chi connectivity index (χ0n) is 15.4. The van der Waals surface area contributed by atoms with Gasteiger partial charge in [0.2, 0.25) is 5.91 Å². The van der Waals surface area contributed by atoms with Crippen molar-refractivity contribution in [3.8, 4) is 0 Å². The molecule has 5 heteroatoms. The van der Waals surface area contributed by atoms with Crippen LogP contribution in [0.4, 0.5) is 0 Å². The van der Waals surface area contributed by atoms with E-state index in [1.54, 1.807) is 4.90 Å². The molecule has 1 saturated heterocycles. The summed E-state index contributed by atoms with van der Waals surface area (Å²) in [6, 6.07) is 18.7. The summed E-state index contributed by atoms with van der Waals surface area (Å²) in [7, 11) is -3.09. The molecule has 1 aliphatic rings. The fourth-order valence-corrected chi connectivity index (χ4v) is 5.06. The Morgan fingerprint density at radius 1 is 1.04 bits per heavy atom. The number of amides is 1. The van der Waals surface area contributed by atoms with E-state index >= 15 is 0 Å². The van der Waals surface area contributed by atoms with Gasteiger partial charge in [0.1, 0.15) is 0 Å². The molecule has 3 aromatic carbocycles. The van der Waals surface area contributed by atoms with Gasteiger partial charge in [-0.25, -0.2) is 8.42 Å². The minimum Gasteiger partial charge on any atom is -0.341 e. The van der Waals surface area contributed by atoms with Crippen LogP contribution >= 0.6 is 0 Å². The summed E-state index contributed by atoms with van der Waals surface area (Å²) in [5, 5.41) is 4.30. The van der Waals surface area contributed by atoms with Crippen LogP contribution in [0.25, 0.3) is 21.5 Å². The molecule has 1 atom stereocenters. The van der Waals surface area contributed by atoms with Crippen molar-refractivity contribution in [3.63, 3.8) is 0 Å². The van der Waals surface area contributed by atoms with E-state index in [1.165, 1.54) is 33.4 Å². The largest absolute Gasteiger partial charge is 0.341 e. The van der Waals surface area contributed by atoms with Gasteiger partial charge in [-0.2, -0.15) is 0 Å². The fraction of sp³-hybridized carbons (Fsp3) is 0.318. The lowest BCUT2D eigenvalue weighted by Crippen LogP contribution is -2.31. The zero-order chi connectivity index (χ0) is 19.0. The molecule has 0 aromatic heterocycles. The summed E-state index contributed by atoms with van der Waals surface area (Å²) < 4.78 is 23.5. The number of hydrogen-bond donors (Lipinski definition) is 0. The first kappa shape index (κ1) is 18.0. The van der Waals surface area contributed by atoms with Gasteiger partial charge < -0.3 is 4.90 Å². The molecule has 27 heavy (non-hydrogen) atoms. The predicted octanol–water partition coefficient (Wildman–Crippen LogP) is 3.57. The smallest absolute Gasteiger partial charge is 0.222 e. The van der Waals surface area contributed by atoms with Crippen LogP contribution in [0.3, 0.4) is 0 Å². The van der Waals surface area contributed by atoms with Crippen molar-refractivity contribution in [1.82, 2.24) is 4.90 Å². The zero-order valence-corrected chi connectivity index (χ0v) is 16.2. The number of nitrogens with zero attached hydrogens (tertiary/aromatic N) is 1. The van der Waals surface area contributed by atoms with Crippen LogP contribution in [0, 0.1) is 0 Å². The molecule has 1 heterocycles. The van der Waals surface area contributed by atoms with Gasteiger partial charge in [-0.3, -0.25) is 4.79 Å². The van der Waals surface area contributed by atoms with E-state index in [9.17, 15) is 13.2 Å². The molecule has 4 rings (SSSR count). The summed E-state index contributed by atoms with van der Waals surface area (Å²) in [6.07, 6.45) is 2.85. The second-order valence-electron chi connectivity index (χ2n) is 7.38. The van der Waals surface area contributed by atoms with Gasteiger partial charge in [0.05, 0.1) is 5.25 Å². The first-order valence-corrected chi connectivity index (χ1v) is 11.2. The Kier molecular flexibility index (Phi) is 4.64. The van der Waals surface area contributed by atoms with E-state index in [4.69, 9.17) is 0 Å². The van der Waals surface area contributed by atoms with Crippen molar-refractivity contribution < 1.29 is 13.2 Å². The number of carbonyl (C=O) groups excluding carboxylic acids is 1. The van der Waals surface area contributed by atoms with E-state index in [-0.39, 0.29) is 5.91 Å². The van der Waals surface area contributed by atoms with Crippen molar-refractivity contribution in [2.75, 3.05) is 19.3 Å². The maximum Gasteiger partial charge on any atom is 0.222 e. The Hall–Kier alpha value is -2.40. The summed E-state index contributed by atoms with van der Waals surface area (Å²) in [5.74, 6) is 0.0400. The van der Waals surface area contributed by atoms with Crippen molar-refractivity contribution >= 4 is 37.3 Å². The molecule has 0 aliphatic carbocycles. The van der Waals surface area contributed by atoms with Gasteiger partial charge in [-0.1, -0.05) is 48.5 Å². The Balaban J connectivity index is 1.59. The molecule has 3 aromatic rings. The van der Waals surface area contributed by atoms with Gasteiger partial charge in [-0.05, 0) is 46.0 Å². The van der Waals surface area contributed by atoms with Crippen LogP contribution < -0.4 is 0 Å². The lowest BCUT2D eigenvalue weighted by Gasteiger charge is -2.17. The van der Waals surface area contributed by atoms with Crippen LogP contribution in [-0.2, 0) is 21.1 Å². The van der Waals surface area contributed by atoms with Gasteiger partial charge in [0, 0.05) is 25.8 Å². The molecule has 1 unspecified atom stereocenters. The highest BCUT2D eigenvalue weighted by molar-refractivity contribution is 7.91. The first-order valence-electron chi connectivity index (χ1n) is 9.29. The first-order chi connectivity index (χ1) is 12.9. The number of carbonyl (C=O) groups is 1. The maximum atomic E-state index is 12.7. The van der Waals surface area contributed by atoms with Gasteiger partial charge in [0.15, 0.2) is 9.84 Å². The summed E-state index contributed by atoms with van der Waals surface area (Å²) in [5.41, 5.74) is 1.19. The molecule has 0 spiro atoms. The Morgan fingerprint density at radius 2 is 1.63 bits per heavy atom. The van der Waals surface area contributed by atoms with Crippen molar-refractivity contribution in [3.05, 3.63) is 60.2 Å². The van der Waals surface area contributed by atoms with Crippen LogP contribution in [0.15, 0.2) is 54.6 Å². The van der Waals surface area contributed by atoms with Gasteiger partial charge in [-0.15, -0.1) is 0 Å². The Bertz CT molecular complexity index is 1070. The molecule has 1 aliphatic heterocycles. The normalized spacial score (nSPS) is 17.7. The van der Waals surface area contributed by atoms with Crippen molar-refractivity contribution in [2.24, 2.45) is 0 Å². The number of benzene rings is 3. The van der Waals surface area contributed by atoms with E-state index in [2.05, 4.69) is 30.3 Å². The molecule has 1 amide bonds. The highest BCUT2D eigenvalue weighted by atomic mass is 32.2. The third-order valence-corrected chi connectivity index (χ3v) is 7.17. The lowest BCUT2D eigenvalue weighted by molar-refractivity contribution is -0.130. The third kappa shape index (κ3) is 3.56. The Labute approximate surface area is 159 Å². The summed E-state index contributed by atoms with van der Waals surface area (Å²) in [4.78, 5) is 14.4. The number of likely N-dealkylation sites (tertiary alicyclic amines) is 1. The molecule has 4 nitrogen and oxygen atoms in total. The average molecular weight is 381 g/mol. The minimum absolute atomic E-state index is 0.0400. The van der Waals surface area contributed by atoms with E-state index in [1.807, 2.05) is 24.3 Å². The minimum atomic E-state index is -3.09. The average Bonchev–Trinajstić information content (AvgIpc) is 3.15. The standard InChI is InChI=1S/C22H23NO3S/c1-27(25,26)18-12-13-23(15-18)22(24)11-10-21-19-8-4-2-6-16(19)14-17-7-3-5-9-20(17)21/h2-9,14,18H,10-13,15H2,1H3. The maximum absolute atomic E-state index is 12.7. The second kappa shape index (κ2) is 6.97. The fourth-order valence-electron chi connectivity index (χ4n) is 4.07. The molecule has 1 fully saturated rings. The van der Waals surface area contributed by atoms with Crippen LogP contribution in [0.1, 0.15) is 18.4 Å². The quantitative estimate of drug-likeness (QED) is 0.649. The van der Waals surface area contributed by atoms with E-state index in [0.717, 1.165) is 0 Å². The Morgan fingerprint density at radius 3 is 2.19 bits per heavy atom. The highest BCUT2D eigenvalue weighted by Gasteiger charge is 2.32. The number of sulfone groups is 1. The number of fused-ring (bicyclic) bond motifs is 2. The second-order valence-corrected chi connectivity index (χ2v) is 9.70. The SMILES string of the molecule is CS(=O)(=O)C1CCN(C(=O)CCc2c3ccccc3cc3ccccc23)C1. The monoisotopic (exact) mass is 381 g/mol. The third-order valence-electron chi connectivity index (χ3n) is 5.57. The number of aryl methyl sites for hydroxylation is 1. The summed E-state index contributed by atoms with van der Waals surface area (Å²) >= 11 is 0. The van der Waals surface area contributed by atoms with Gasteiger partial charge in [0.25, 0.3) is 0 Å². The molecule has 140 valence electrons. The molecular weight excluding hydrogens is 358 g/mol. The van der Waals surface area contributed by atoms with E-state index < -0.39 is 15.1 Å². The molecule has 0 N–H and O–H groups in total. The predicted molar refractivity (Wildman–Crippen MR) is 110 cm³/mol. The van der Waals surface area contributed by atoms with Crippen LogP contribution in [-0.4, -0.2) is 43.8 Å². The van der Waals surface area contributed by atoms with E-state index in [0.29, 0.717) is 32.4 Å². The molecular formula is C22H23NO3S. The molecule has 0 radical (unpaired) electrons. The summed E-state index contributed by atoms with van der Waals surface area (Å²) in [6.45, 7) is 0.862. The lowest BCUT2D eigenvalue weighted by atomic mass is 9.94. The van der Waals surface area contributed by atoms with Crippen molar-refractivity contribution in [1.29, 1.82) is 0 Å². The van der Waals surface area contributed by atoms with Gasteiger partial charge >= 0.3 is 0 Å². The highest BCUT2D eigenvalue weighted by Crippen LogP contribution is 2.29. The number of rotatable bonds is 4. The number of hydrogen-bond acceptors (Lipinski definition) is 3. The topological polar surface area (TPSA) is 54.5 Å². The van der Waals surface area contributed by atoms with Crippen LogP contribution in [0.2, 0.25) is 0 Å². The molecule has 0 saturated carbocycles. The van der Waals surface area contributed by atoms with Crippen molar-refractivity contribution in [2.45, 2.75) is 24.5 Å².